The number of hydrogen-bond donors (Lipinski definition) is 1. The summed E-state index contributed by atoms with van der Waals surface area (Å²) in [6.45, 7) is 0. The zero-order valence-corrected chi connectivity index (χ0v) is 19.9. The van der Waals surface area contributed by atoms with Crippen LogP contribution in [0.4, 0.5) is 5.69 Å². The number of fused-ring (bicyclic) bond motifs is 1. The van der Waals surface area contributed by atoms with Crippen LogP contribution in [0.2, 0.25) is 5.02 Å². The molecule has 1 amide bonds. The second-order valence-electron chi connectivity index (χ2n) is 7.06. The lowest BCUT2D eigenvalue weighted by atomic mass is 9.90. The van der Waals surface area contributed by atoms with Crippen molar-refractivity contribution < 1.29 is 27.4 Å². The number of anilines is 1. The van der Waals surface area contributed by atoms with Gasteiger partial charge in [-0.1, -0.05) is 11.6 Å². The molecule has 2 heterocycles. The van der Waals surface area contributed by atoms with Gasteiger partial charge in [0.05, 0.1) is 31.9 Å². The van der Waals surface area contributed by atoms with Gasteiger partial charge in [-0.05, 0) is 42.0 Å². The summed E-state index contributed by atoms with van der Waals surface area (Å²) in [6.07, 6.45) is 0.159. The van der Waals surface area contributed by atoms with Gasteiger partial charge in [0.25, 0.3) is 0 Å². The number of thiophene rings is 1. The highest BCUT2D eigenvalue weighted by molar-refractivity contribution is 7.91. The molecule has 0 bridgehead atoms. The number of amides is 1. The first kappa shape index (κ1) is 22.4. The van der Waals surface area contributed by atoms with Crippen molar-refractivity contribution in [2.75, 3.05) is 26.6 Å². The minimum Gasteiger partial charge on any atom is -0.493 e. The average Bonchev–Trinajstić information content (AvgIpc) is 3.22. The van der Waals surface area contributed by atoms with Gasteiger partial charge in [-0.3, -0.25) is 4.79 Å². The fourth-order valence-electron chi connectivity index (χ4n) is 3.71. The largest absolute Gasteiger partial charge is 0.493 e. The molecule has 168 valence electrons. The van der Waals surface area contributed by atoms with Crippen molar-refractivity contribution in [2.24, 2.45) is 0 Å². The lowest BCUT2D eigenvalue weighted by Crippen LogP contribution is -2.23. The fraction of sp³-hybridized carbons (Fsp3) is 0.227. The smallest absolute Gasteiger partial charge is 0.225 e. The van der Waals surface area contributed by atoms with E-state index in [0.29, 0.717) is 28.0 Å². The maximum Gasteiger partial charge on any atom is 0.225 e. The van der Waals surface area contributed by atoms with Crippen molar-refractivity contribution in [3.63, 3.8) is 0 Å². The third kappa shape index (κ3) is 3.80. The average molecular weight is 494 g/mol. The van der Waals surface area contributed by atoms with E-state index in [0.717, 1.165) is 10.4 Å². The lowest BCUT2D eigenvalue weighted by Gasteiger charge is -2.25. The van der Waals surface area contributed by atoms with Gasteiger partial charge >= 0.3 is 0 Å². The molecular weight excluding hydrogens is 474 g/mol. The number of carbonyl (C=O) groups is 1. The van der Waals surface area contributed by atoms with E-state index >= 15 is 0 Å². The van der Waals surface area contributed by atoms with Crippen LogP contribution in [-0.4, -0.2) is 35.7 Å². The predicted octanol–water partition coefficient (Wildman–Crippen LogP) is 4.73. The summed E-state index contributed by atoms with van der Waals surface area (Å²) < 4.78 is 42.8. The lowest BCUT2D eigenvalue weighted by molar-refractivity contribution is -0.116. The summed E-state index contributed by atoms with van der Waals surface area (Å²) >= 11 is 7.19. The number of nitrogens with one attached hydrogen (secondary N) is 1. The maximum absolute atomic E-state index is 13.3. The minimum absolute atomic E-state index is 0.0605. The van der Waals surface area contributed by atoms with E-state index < -0.39 is 9.84 Å². The topological polar surface area (TPSA) is 90.9 Å². The van der Waals surface area contributed by atoms with Gasteiger partial charge in [-0.15, -0.1) is 11.3 Å². The van der Waals surface area contributed by atoms with Crippen molar-refractivity contribution in [2.45, 2.75) is 22.1 Å². The number of hydrogen-bond acceptors (Lipinski definition) is 7. The highest BCUT2D eigenvalue weighted by Crippen LogP contribution is 2.48. The van der Waals surface area contributed by atoms with Crippen LogP contribution in [0.3, 0.4) is 0 Å². The van der Waals surface area contributed by atoms with Gasteiger partial charge < -0.3 is 19.5 Å². The van der Waals surface area contributed by atoms with Crippen LogP contribution in [0.15, 0.2) is 51.6 Å². The van der Waals surface area contributed by atoms with Gasteiger partial charge in [0, 0.05) is 27.6 Å². The van der Waals surface area contributed by atoms with Crippen molar-refractivity contribution >= 4 is 44.4 Å². The zero-order valence-electron chi connectivity index (χ0n) is 17.5. The molecule has 0 aliphatic carbocycles. The molecule has 1 aromatic heterocycles. The predicted molar refractivity (Wildman–Crippen MR) is 122 cm³/mol. The highest BCUT2D eigenvalue weighted by atomic mass is 35.5. The molecule has 0 saturated carbocycles. The Hall–Kier alpha value is -2.75. The minimum atomic E-state index is -3.85. The zero-order chi connectivity index (χ0) is 23.0. The monoisotopic (exact) mass is 493 g/mol. The van der Waals surface area contributed by atoms with Gasteiger partial charge in [-0.2, -0.15) is 0 Å². The molecule has 7 nitrogen and oxygen atoms in total. The molecule has 1 atom stereocenters. The number of ether oxygens (including phenoxy) is 3. The molecule has 0 unspecified atom stereocenters. The van der Waals surface area contributed by atoms with E-state index in [1.165, 1.54) is 56.9 Å². The second-order valence-corrected chi connectivity index (χ2v) is 10.3. The summed E-state index contributed by atoms with van der Waals surface area (Å²) in [5.74, 6) is 0.713. The summed E-state index contributed by atoms with van der Waals surface area (Å²) in [5, 5.41) is 4.75. The molecule has 0 fully saturated rings. The van der Waals surface area contributed by atoms with Gasteiger partial charge in [-0.25, -0.2) is 8.42 Å². The molecule has 4 rings (SSSR count). The van der Waals surface area contributed by atoms with Crippen molar-refractivity contribution in [3.05, 3.63) is 57.2 Å². The van der Waals surface area contributed by atoms with Crippen LogP contribution >= 0.6 is 22.9 Å². The van der Waals surface area contributed by atoms with E-state index in [9.17, 15) is 13.2 Å². The molecule has 3 aromatic rings. The van der Waals surface area contributed by atoms with E-state index in [1.807, 2.05) is 0 Å². The van der Waals surface area contributed by atoms with E-state index in [1.54, 1.807) is 17.5 Å². The number of benzene rings is 2. The summed E-state index contributed by atoms with van der Waals surface area (Å²) in [4.78, 5) is 13.5. The maximum atomic E-state index is 13.3. The van der Waals surface area contributed by atoms with Crippen molar-refractivity contribution in [1.29, 1.82) is 0 Å². The molecule has 1 aliphatic heterocycles. The van der Waals surface area contributed by atoms with Crippen molar-refractivity contribution in [1.82, 2.24) is 0 Å². The van der Waals surface area contributed by atoms with Crippen molar-refractivity contribution in [3.8, 4) is 17.2 Å². The third-order valence-electron chi connectivity index (χ3n) is 5.26. The molecule has 32 heavy (non-hydrogen) atoms. The first-order valence-corrected chi connectivity index (χ1v) is 12.3. The number of carbonyl (C=O) groups excluding carboxylic acids is 1. The summed E-state index contributed by atoms with van der Waals surface area (Å²) in [5.41, 5.74) is 1.06. The Morgan fingerprint density at radius 2 is 1.66 bits per heavy atom. The Balaban J connectivity index is 1.84. The van der Waals surface area contributed by atoms with Crippen LogP contribution in [-0.2, 0) is 14.6 Å². The summed E-state index contributed by atoms with van der Waals surface area (Å²) in [7, 11) is 0.693. The molecule has 1 aliphatic rings. The van der Waals surface area contributed by atoms with Crippen LogP contribution in [0, 0.1) is 0 Å². The van der Waals surface area contributed by atoms with Gasteiger partial charge in [0.15, 0.2) is 11.5 Å². The Morgan fingerprint density at radius 3 is 2.22 bits per heavy atom. The Bertz CT molecular complexity index is 1260. The van der Waals surface area contributed by atoms with Crippen LogP contribution in [0.5, 0.6) is 17.2 Å². The van der Waals surface area contributed by atoms with E-state index in [4.69, 9.17) is 25.8 Å². The molecule has 0 saturated heterocycles. The first-order chi connectivity index (χ1) is 15.3. The quantitative estimate of drug-likeness (QED) is 0.533. The normalized spacial score (nSPS) is 15.6. The summed E-state index contributed by atoms with van der Waals surface area (Å²) in [6, 6.07) is 9.49. The Labute approximate surface area is 194 Å². The number of halogens is 1. The van der Waals surface area contributed by atoms with E-state index in [2.05, 4.69) is 5.32 Å². The van der Waals surface area contributed by atoms with Crippen LogP contribution in [0.25, 0.3) is 0 Å². The molecule has 2 aromatic carbocycles. The molecule has 1 N–H and O–H groups in total. The Kier molecular flexibility index (Phi) is 6.07. The molecule has 10 heteroatoms. The number of sulfone groups is 1. The molecular formula is C22H20ClNO6S2. The van der Waals surface area contributed by atoms with Crippen LogP contribution in [0.1, 0.15) is 22.8 Å². The number of methoxy groups -OCH3 is 3. The van der Waals surface area contributed by atoms with E-state index in [-0.39, 0.29) is 28.0 Å². The first-order valence-electron chi connectivity index (χ1n) is 9.52. The standard InChI is InChI=1S/C22H20ClNO6S2/c1-28-16-8-12(9-17(29-2)21(16)30-3)15-10-19(25)24-20-18(11-31-22(15)20)32(26,27)14-6-4-13(23)5-7-14/h4-9,11,15H,10H2,1-3H3,(H,24,25)/t15-/m1/s1. The van der Waals surface area contributed by atoms with Crippen LogP contribution < -0.4 is 19.5 Å². The SMILES string of the molecule is COc1cc([C@H]2CC(=O)Nc3c(S(=O)(=O)c4ccc(Cl)cc4)csc32)cc(OC)c1OC. The Morgan fingerprint density at radius 1 is 1.03 bits per heavy atom. The highest BCUT2D eigenvalue weighted by Gasteiger charge is 2.35. The second kappa shape index (κ2) is 8.65. The van der Waals surface area contributed by atoms with Gasteiger partial charge in [0.2, 0.25) is 21.5 Å². The number of rotatable bonds is 6. The van der Waals surface area contributed by atoms with Gasteiger partial charge in [0.1, 0.15) is 4.90 Å². The molecule has 0 spiro atoms. The molecule has 0 radical (unpaired) electrons. The fourth-order valence-corrected chi connectivity index (χ4v) is 6.75. The third-order valence-corrected chi connectivity index (χ3v) is 8.55.